The molecule has 1 heterocycles. The molecule has 2 saturated carbocycles. The first-order chi connectivity index (χ1) is 12.9. The third-order valence-electron chi connectivity index (χ3n) is 5.48. The van der Waals surface area contributed by atoms with E-state index >= 15 is 0 Å². The first-order valence-electron chi connectivity index (χ1n) is 10.5. The molecule has 0 amide bonds. The minimum atomic E-state index is 0. The fraction of sp³-hybridized carbons (Fsp3) is 1.00. The van der Waals surface area contributed by atoms with Crippen LogP contribution in [-0.2, 0) is 28.4 Å². The second-order valence-corrected chi connectivity index (χ2v) is 7.53. The Morgan fingerprint density at radius 3 is 1.00 bits per heavy atom. The molecule has 0 N–H and O–H groups in total. The van der Waals surface area contributed by atoms with Gasteiger partial charge < -0.3 is 28.4 Å². The number of hydrogen-bond acceptors (Lipinski definition) is 6. The molecular formula is C20H36KO6. The fourth-order valence-electron chi connectivity index (χ4n) is 4.11. The van der Waals surface area contributed by atoms with Gasteiger partial charge in [-0.3, -0.25) is 0 Å². The molecule has 7 heteroatoms. The summed E-state index contributed by atoms with van der Waals surface area (Å²) in [6, 6.07) is 0. The summed E-state index contributed by atoms with van der Waals surface area (Å²) in [5.41, 5.74) is 0. The van der Waals surface area contributed by atoms with Gasteiger partial charge in [0.2, 0.25) is 0 Å². The van der Waals surface area contributed by atoms with Gasteiger partial charge in [0.05, 0.1) is 77.3 Å². The van der Waals surface area contributed by atoms with Crippen LogP contribution in [0.1, 0.15) is 51.4 Å². The maximum absolute atomic E-state index is 5.97. The van der Waals surface area contributed by atoms with Crippen LogP contribution in [0.2, 0.25) is 0 Å². The normalized spacial score (nSPS) is 35.6. The third kappa shape index (κ3) is 10.3. The molecule has 3 rings (SSSR count). The maximum Gasteiger partial charge on any atom is 0.0704 e. The van der Waals surface area contributed by atoms with E-state index in [0.717, 1.165) is 38.5 Å². The minimum absolute atomic E-state index is 0. The Labute approximate surface area is 206 Å². The molecule has 1 radical (unpaired) electrons. The molecule has 3 aliphatic rings. The van der Waals surface area contributed by atoms with Gasteiger partial charge in [-0.2, -0.15) is 0 Å². The molecule has 0 aromatic rings. The van der Waals surface area contributed by atoms with Crippen molar-refractivity contribution in [2.45, 2.75) is 75.8 Å². The van der Waals surface area contributed by atoms with Crippen molar-refractivity contribution in [3.8, 4) is 0 Å². The van der Waals surface area contributed by atoms with E-state index in [9.17, 15) is 0 Å². The summed E-state index contributed by atoms with van der Waals surface area (Å²) in [6.45, 7) is 5.15. The van der Waals surface area contributed by atoms with Gasteiger partial charge >= 0.3 is 0 Å². The van der Waals surface area contributed by atoms with E-state index in [2.05, 4.69) is 0 Å². The molecular weight excluding hydrogens is 375 g/mol. The first kappa shape index (κ1) is 24.7. The van der Waals surface area contributed by atoms with E-state index < -0.39 is 0 Å². The Balaban J connectivity index is 0.00000261. The summed E-state index contributed by atoms with van der Waals surface area (Å²) < 4.78 is 35.2. The summed E-state index contributed by atoms with van der Waals surface area (Å²) in [6.07, 6.45) is 9.99. The Hall–Kier alpha value is 1.40. The number of fused-ring (bicyclic) bond motifs is 4. The van der Waals surface area contributed by atoms with Gasteiger partial charge in [0.25, 0.3) is 0 Å². The smallest absolute Gasteiger partial charge is 0.0704 e. The number of ether oxygens (including phenoxy) is 6. The van der Waals surface area contributed by atoms with Crippen molar-refractivity contribution in [1.82, 2.24) is 0 Å². The largest absolute Gasteiger partial charge is 0.377 e. The van der Waals surface area contributed by atoms with Gasteiger partial charge in [0.1, 0.15) is 0 Å². The van der Waals surface area contributed by atoms with Gasteiger partial charge in [0.15, 0.2) is 0 Å². The van der Waals surface area contributed by atoms with Gasteiger partial charge in [-0.15, -0.1) is 0 Å². The van der Waals surface area contributed by atoms with Crippen molar-refractivity contribution in [2.24, 2.45) is 0 Å². The van der Waals surface area contributed by atoms with Crippen LogP contribution in [0.3, 0.4) is 0 Å². The number of hydrogen-bond donors (Lipinski definition) is 0. The van der Waals surface area contributed by atoms with Crippen molar-refractivity contribution in [3.05, 3.63) is 0 Å². The van der Waals surface area contributed by atoms with Gasteiger partial charge in [0, 0.05) is 51.4 Å². The van der Waals surface area contributed by atoms with Crippen molar-refractivity contribution in [1.29, 1.82) is 0 Å². The van der Waals surface area contributed by atoms with E-state index in [4.69, 9.17) is 28.4 Å². The molecule has 153 valence electrons. The Kier molecular flexibility index (Phi) is 13.9. The van der Waals surface area contributed by atoms with Crippen molar-refractivity contribution in [2.75, 3.05) is 52.9 Å². The van der Waals surface area contributed by atoms with Gasteiger partial charge in [-0.25, -0.2) is 0 Å². The Morgan fingerprint density at radius 2 is 0.704 bits per heavy atom. The van der Waals surface area contributed by atoms with Crippen molar-refractivity contribution >= 4 is 51.4 Å². The predicted molar refractivity (Wildman–Crippen MR) is 103 cm³/mol. The van der Waals surface area contributed by atoms with Crippen LogP contribution in [0.15, 0.2) is 0 Å². The van der Waals surface area contributed by atoms with Crippen LogP contribution in [0.4, 0.5) is 0 Å². The monoisotopic (exact) mass is 411 g/mol. The van der Waals surface area contributed by atoms with E-state index in [-0.39, 0.29) is 51.4 Å². The summed E-state index contributed by atoms with van der Waals surface area (Å²) in [4.78, 5) is 0. The second-order valence-electron chi connectivity index (χ2n) is 7.53. The van der Waals surface area contributed by atoms with Crippen molar-refractivity contribution < 1.29 is 28.4 Å². The molecule has 1 aliphatic heterocycles. The first-order valence-corrected chi connectivity index (χ1v) is 10.5. The summed E-state index contributed by atoms with van der Waals surface area (Å²) in [7, 11) is 0. The van der Waals surface area contributed by atoms with Crippen LogP contribution >= 0.6 is 0 Å². The fourth-order valence-corrected chi connectivity index (χ4v) is 4.11. The third-order valence-corrected chi connectivity index (χ3v) is 5.48. The summed E-state index contributed by atoms with van der Waals surface area (Å²) in [5, 5.41) is 0. The van der Waals surface area contributed by atoms with Crippen molar-refractivity contribution in [3.63, 3.8) is 0 Å². The van der Waals surface area contributed by atoms with Crippen LogP contribution in [0.25, 0.3) is 0 Å². The molecule has 4 bridgehead atoms. The van der Waals surface area contributed by atoms with Crippen LogP contribution in [0.5, 0.6) is 0 Å². The zero-order valence-electron chi connectivity index (χ0n) is 17.1. The van der Waals surface area contributed by atoms with Gasteiger partial charge in [-0.05, 0) is 51.4 Å². The predicted octanol–water partition coefficient (Wildman–Crippen LogP) is 2.34. The molecule has 27 heavy (non-hydrogen) atoms. The quantitative estimate of drug-likeness (QED) is 0.571. The average molecular weight is 412 g/mol. The molecule has 4 atom stereocenters. The SMILES string of the molecule is C1CC2CC(C1)OCCOCCOC1CCCC(C1)OCCOCCO2.[K]. The maximum atomic E-state index is 5.97. The van der Waals surface area contributed by atoms with E-state index in [1.165, 1.54) is 12.8 Å². The molecule has 1 saturated heterocycles. The van der Waals surface area contributed by atoms with Crippen LogP contribution in [-0.4, -0.2) is 129 Å². The van der Waals surface area contributed by atoms with Gasteiger partial charge in [-0.1, -0.05) is 0 Å². The summed E-state index contributed by atoms with van der Waals surface area (Å²) in [5.74, 6) is 0. The molecule has 4 unspecified atom stereocenters. The molecule has 6 nitrogen and oxygen atoms in total. The molecule has 0 aromatic heterocycles. The molecule has 0 spiro atoms. The summed E-state index contributed by atoms with van der Waals surface area (Å²) >= 11 is 0. The topological polar surface area (TPSA) is 55.4 Å². The average Bonchev–Trinajstić information content (AvgIpc) is 2.66. The molecule has 0 aromatic carbocycles. The standard InChI is InChI=1S/C20H36O6.K/c1-3-17-15-18(4-1)24-12-8-22-10-14-26-20-6-2-5-19(16-20)25-13-9-21-7-11-23-17;/h17-20H,1-16H2;. The molecule has 3 fully saturated rings. The number of rotatable bonds is 0. The zero-order chi connectivity index (χ0) is 17.9. The zero-order valence-corrected chi connectivity index (χ0v) is 20.2. The van der Waals surface area contributed by atoms with Crippen LogP contribution in [0, 0.1) is 0 Å². The minimum Gasteiger partial charge on any atom is -0.377 e. The molecule has 2 aliphatic carbocycles. The Morgan fingerprint density at radius 1 is 0.407 bits per heavy atom. The Bertz CT molecular complexity index is 310. The second kappa shape index (κ2) is 15.2. The van der Waals surface area contributed by atoms with E-state index in [1.807, 2.05) is 0 Å². The van der Waals surface area contributed by atoms with E-state index in [1.54, 1.807) is 0 Å². The van der Waals surface area contributed by atoms with E-state index in [0.29, 0.717) is 77.3 Å². The van der Waals surface area contributed by atoms with Crippen LogP contribution < -0.4 is 0 Å².